The van der Waals surface area contributed by atoms with Gasteiger partial charge in [0.05, 0.1) is 5.69 Å². The third-order valence-corrected chi connectivity index (χ3v) is 4.30. The van der Waals surface area contributed by atoms with Crippen molar-refractivity contribution in [2.24, 2.45) is 0 Å². The first-order valence-corrected chi connectivity index (χ1v) is 7.93. The van der Waals surface area contributed by atoms with Crippen molar-refractivity contribution in [3.63, 3.8) is 0 Å². The Hall–Kier alpha value is -2.76. The Kier molecular flexibility index (Phi) is 4.29. The van der Waals surface area contributed by atoms with Crippen molar-refractivity contribution in [3.05, 3.63) is 45.7 Å². The summed E-state index contributed by atoms with van der Waals surface area (Å²) in [5.74, 6) is -0.173. The summed E-state index contributed by atoms with van der Waals surface area (Å²) >= 11 is 0. The molecule has 1 aliphatic carbocycles. The quantitative estimate of drug-likeness (QED) is 0.828. The average molecular weight is 328 g/mol. The molecule has 6 nitrogen and oxygen atoms in total. The van der Waals surface area contributed by atoms with E-state index < -0.39 is 11.7 Å². The molecule has 0 fully saturated rings. The maximum absolute atomic E-state index is 12.2. The summed E-state index contributed by atoms with van der Waals surface area (Å²) in [5.41, 5.74) is 4.43. The molecule has 0 saturated carbocycles. The number of nitrogens with one attached hydrogen (secondary N) is 1. The number of anilines is 1. The summed E-state index contributed by atoms with van der Waals surface area (Å²) in [6.07, 6.45) is 2.25. The van der Waals surface area contributed by atoms with E-state index in [1.54, 1.807) is 6.07 Å². The summed E-state index contributed by atoms with van der Waals surface area (Å²) in [6, 6.07) is 7.73. The van der Waals surface area contributed by atoms with E-state index in [9.17, 15) is 9.59 Å². The van der Waals surface area contributed by atoms with Crippen molar-refractivity contribution >= 4 is 11.8 Å². The maximum atomic E-state index is 12.2. The highest BCUT2D eigenvalue weighted by molar-refractivity contribution is 5.71. The van der Waals surface area contributed by atoms with Crippen molar-refractivity contribution in [2.75, 3.05) is 19.0 Å². The number of benzene rings is 1. The Balaban J connectivity index is 2.15. The molecule has 0 amide bonds. The van der Waals surface area contributed by atoms with E-state index in [1.165, 1.54) is 5.56 Å². The zero-order valence-electron chi connectivity index (χ0n) is 13.8. The van der Waals surface area contributed by atoms with Crippen LogP contribution in [0.3, 0.4) is 0 Å². The molecule has 1 heterocycles. The summed E-state index contributed by atoms with van der Waals surface area (Å²) in [5, 5.41) is 8.76. The van der Waals surface area contributed by atoms with Crippen LogP contribution in [-0.2, 0) is 12.8 Å². The Morgan fingerprint density at radius 3 is 2.54 bits per heavy atom. The molecule has 2 N–H and O–H groups in total. The Labute approximate surface area is 139 Å². The SMILES string of the molecule is CN(C)c1ccc2c(c1)CCCCc1cc(OC(=O)O)c(=O)[nH]c1-2. The van der Waals surface area contributed by atoms with Gasteiger partial charge in [0.2, 0.25) is 0 Å². The highest BCUT2D eigenvalue weighted by atomic mass is 16.7. The second-order valence-corrected chi connectivity index (χ2v) is 6.17. The number of hydrogen-bond acceptors (Lipinski definition) is 4. The Bertz CT molecular complexity index is 839. The van der Waals surface area contributed by atoms with E-state index in [1.807, 2.05) is 31.1 Å². The third-order valence-electron chi connectivity index (χ3n) is 4.30. The van der Waals surface area contributed by atoms with Gasteiger partial charge in [-0.3, -0.25) is 4.79 Å². The van der Waals surface area contributed by atoms with Crippen LogP contribution in [-0.4, -0.2) is 30.3 Å². The van der Waals surface area contributed by atoms with Crippen LogP contribution in [0.1, 0.15) is 24.0 Å². The normalized spacial score (nSPS) is 13.2. The minimum absolute atomic E-state index is 0.173. The number of ether oxygens (including phenoxy) is 1. The fourth-order valence-corrected chi connectivity index (χ4v) is 3.10. The molecule has 0 radical (unpaired) electrons. The average Bonchev–Trinajstić information content (AvgIpc) is 2.51. The van der Waals surface area contributed by atoms with Gasteiger partial charge in [-0.1, -0.05) is 6.07 Å². The number of pyridine rings is 1. The van der Waals surface area contributed by atoms with Gasteiger partial charge in [0, 0.05) is 25.3 Å². The Morgan fingerprint density at radius 1 is 1.17 bits per heavy atom. The molecule has 1 aromatic heterocycles. The minimum atomic E-state index is -1.48. The van der Waals surface area contributed by atoms with Crippen LogP contribution >= 0.6 is 0 Å². The summed E-state index contributed by atoms with van der Waals surface area (Å²) < 4.78 is 4.59. The van der Waals surface area contributed by atoms with Gasteiger partial charge in [-0.2, -0.15) is 0 Å². The number of carbonyl (C=O) groups is 1. The summed E-state index contributed by atoms with van der Waals surface area (Å²) in [6.45, 7) is 0. The lowest BCUT2D eigenvalue weighted by Crippen LogP contribution is -2.17. The lowest BCUT2D eigenvalue weighted by Gasteiger charge is -2.20. The van der Waals surface area contributed by atoms with E-state index in [2.05, 4.69) is 15.8 Å². The smallest absolute Gasteiger partial charge is 0.449 e. The molecule has 0 unspecified atom stereocenters. The lowest BCUT2D eigenvalue weighted by atomic mass is 9.90. The van der Waals surface area contributed by atoms with E-state index in [-0.39, 0.29) is 5.75 Å². The minimum Gasteiger partial charge on any atom is -0.449 e. The van der Waals surface area contributed by atoms with Crippen molar-refractivity contribution < 1.29 is 14.6 Å². The molecular formula is C18H20N2O4. The Morgan fingerprint density at radius 2 is 1.88 bits per heavy atom. The molecule has 0 saturated heterocycles. The van der Waals surface area contributed by atoms with E-state index in [0.29, 0.717) is 0 Å². The molecule has 126 valence electrons. The first-order valence-electron chi connectivity index (χ1n) is 7.93. The number of fused-ring (bicyclic) bond motifs is 3. The van der Waals surface area contributed by atoms with Crippen molar-refractivity contribution in [1.29, 1.82) is 0 Å². The zero-order chi connectivity index (χ0) is 17.3. The van der Waals surface area contributed by atoms with Gasteiger partial charge in [0.1, 0.15) is 0 Å². The molecule has 3 rings (SSSR count). The molecule has 1 aliphatic rings. The highest BCUT2D eigenvalue weighted by Crippen LogP contribution is 2.33. The zero-order valence-corrected chi connectivity index (χ0v) is 13.8. The van der Waals surface area contributed by atoms with E-state index in [0.717, 1.165) is 48.2 Å². The topological polar surface area (TPSA) is 82.6 Å². The fraction of sp³-hybridized carbons (Fsp3) is 0.333. The predicted molar refractivity (Wildman–Crippen MR) is 92.1 cm³/mol. The van der Waals surface area contributed by atoms with Gasteiger partial charge >= 0.3 is 6.16 Å². The number of aryl methyl sites for hydroxylation is 2. The molecule has 2 aromatic rings. The lowest BCUT2D eigenvalue weighted by molar-refractivity contribution is 0.143. The second-order valence-electron chi connectivity index (χ2n) is 6.17. The second kappa shape index (κ2) is 6.39. The number of H-pyrrole nitrogens is 1. The number of rotatable bonds is 2. The van der Waals surface area contributed by atoms with Crippen molar-refractivity contribution in [1.82, 2.24) is 4.98 Å². The van der Waals surface area contributed by atoms with Crippen LogP contribution in [0.5, 0.6) is 5.75 Å². The van der Waals surface area contributed by atoms with Gasteiger partial charge in [-0.15, -0.1) is 0 Å². The number of carboxylic acid groups (broad SMARTS) is 1. The monoisotopic (exact) mass is 328 g/mol. The standard InChI is InChI=1S/C18H20N2O4/c1-20(2)13-7-8-14-11(9-13)5-3-4-6-12-10-15(24-18(22)23)17(21)19-16(12)14/h7-10H,3-6H2,1-2H3,(H,19,21)(H,22,23). The summed E-state index contributed by atoms with van der Waals surface area (Å²) in [7, 11) is 3.99. The van der Waals surface area contributed by atoms with Gasteiger partial charge in [0.15, 0.2) is 5.75 Å². The van der Waals surface area contributed by atoms with Crippen LogP contribution < -0.4 is 15.2 Å². The number of aromatic amines is 1. The molecule has 1 aromatic carbocycles. The molecule has 0 aliphatic heterocycles. The van der Waals surface area contributed by atoms with Gasteiger partial charge in [-0.25, -0.2) is 4.79 Å². The maximum Gasteiger partial charge on any atom is 0.511 e. The first-order chi connectivity index (χ1) is 11.5. The molecule has 6 heteroatoms. The van der Waals surface area contributed by atoms with E-state index >= 15 is 0 Å². The number of nitrogens with zero attached hydrogens (tertiary/aromatic N) is 1. The van der Waals surface area contributed by atoms with Gasteiger partial charge < -0.3 is 19.7 Å². The van der Waals surface area contributed by atoms with Crippen LogP contribution in [0, 0.1) is 0 Å². The number of hydrogen-bond donors (Lipinski definition) is 2. The fourth-order valence-electron chi connectivity index (χ4n) is 3.10. The molecule has 0 atom stereocenters. The van der Waals surface area contributed by atoms with Crippen molar-refractivity contribution in [2.45, 2.75) is 25.7 Å². The van der Waals surface area contributed by atoms with Crippen molar-refractivity contribution in [3.8, 4) is 17.0 Å². The van der Waals surface area contributed by atoms with E-state index in [4.69, 9.17) is 5.11 Å². The molecule has 0 bridgehead atoms. The molecular weight excluding hydrogens is 308 g/mol. The van der Waals surface area contributed by atoms with Crippen LogP contribution in [0.2, 0.25) is 0 Å². The van der Waals surface area contributed by atoms with Gasteiger partial charge in [-0.05, 0) is 55.0 Å². The highest BCUT2D eigenvalue weighted by Gasteiger charge is 2.18. The molecule has 0 spiro atoms. The molecule has 24 heavy (non-hydrogen) atoms. The van der Waals surface area contributed by atoms with Gasteiger partial charge in [0.25, 0.3) is 5.56 Å². The third kappa shape index (κ3) is 3.13. The van der Waals surface area contributed by atoms with Crippen LogP contribution in [0.4, 0.5) is 10.5 Å². The first kappa shape index (κ1) is 16.1. The summed E-state index contributed by atoms with van der Waals surface area (Å²) in [4.78, 5) is 27.8. The number of aromatic nitrogens is 1. The predicted octanol–water partition coefficient (Wildman–Crippen LogP) is 3.04. The van der Waals surface area contributed by atoms with Crippen LogP contribution in [0.25, 0.3) is 11.3 Å². The van der Waals surface area contributed by atoms with Crippen LogP contribution in [0.15, 0.2) is 29.1 Å². The largest absolute Gasteiger partial charge is 0.511 e.